The molecule has 2 atom stereocenters. The first kappa shape index (κ1) is 13.4. The highest BCUT2D eigenvalue weighted by Gasteiger charge is 2.39. The predicted octanol–water partition coefficient (Wildman–Crippen LogP) is 1.15. The van der Waals surface area contributed by atoms with E-state index in [-0.39, 0.29) is 24.2 Å². The normalized spacial score (nSPS) is 22.5. The van der Waals surface area contributed by atoms with E-state index in [2.05, 4.69) is 4.98 Å². The molecule has 2 rings (SSSR count). The summed E-state index contributed by atoms with van der Waals surface area (Å²) in [5.74, 6) is -1.48. The van der Waals surface area contributed by atoms with Crippen molar-refractivity contribution in [2.45, 2.75) is 26.3 Å². The zero-order chi connectivity index (χ0) is 14.0. The summed E-state index contributed by atoms with van der Waals surface area (Å²) in [4.78, 5) is 28.3. The fourth-order valence-electron chi connectivity index (χ4n) is 2.23. The fraction of sp³-hybridized carbons (Fsp3) is 0.583. The summed E-state index contributed by atoms with van der Waals surface area (Å²) in [6, 6.07) is -0.520. The maximum Gasteiger partial charge on any atom is 0.360 e. The Morgan fingerprint density at radius 1 is 1.63 bits per heavy atom. The van der Waals surface area contributed by atoms with Gasteiger partial charge >= 0.3 is 11.9 Å². The molecular weight excluding hydrogens is 252 g/mol. The van der Waals surface area contributed by atoms with E-state index >= 15 is 0 Å². The smallest absolute Gasteiger partial charge is 0.360 e. The second-order valence-corrected chi connectivity index (χ2v) is 4.48. The Morgan fingerprint density at radius 2 is 2.37 bits per heavy atom. The van der Waals surface area contributed by atoms with E-state index in [1.165, 1.54) is 6.26 Å². The number of ether oxygens (including phenoxy) is 1. The van der Waals surface area contributed by atoms with Crippen LogP contribution in [0.5, 0.6) is 0 Å². The number of hydrogen-bond donors (Lipinski definition) is 1. The number of nitrogens with zero attached hydrogens (tertiary/aromatic N) is 2. The number of aromatic nitrogens is 1. The summed E-state index contributed by atoms with van der Waals surface area (Å²) in [5.41, 5.74) is 0.0561. The van der Waals surface area contributed by atoms with Crippen LogP contribution in [-0.4, -0.2) is 41.2 Å². The van der Waals surface area contributed by atoms with Gasteiger partial charge in [-0.1, -0.05) is 6.92 Å². The molecule has 7 heteroatoms. The third kappa shape index (κ3) is 2.54. The SMILES string of the molecule is CCOC(=O)c1coc(N2CCC(C)C2C(=O)O)n1. The van der Waals surface area contributed by atoms with Crippen LogP contribution in [0, 0.1) is 5.92 Å². The van der Waals surface area contributed by atoms with Gasteiger partial charge in [0.05, 0.1) is 6.61 Å². The summed E-state index contributed by atoms with van der Waals surface area (Å²) < 4.78 is 10.00. The number of carboxylic acids is 1. The average molecular weight is 268 g/mol. The molecule has 1 aromatic heterocycles. The predicted molar refractivity (Wildman–Crippen MR) is 65.0 cm³/mol. The van der Waals surface area contributed by atoms with Gasteiger partial charge in [0.15, 0.2) is 5.69 Å². The van der Waals surface area contributed by atoms with Gasteiger partial charge in [0.1, 0.15) is 12.3 Å². The summed E-state index contributed by atoms with van der Waals surface area (Å²) in [6.45, 7) is 4.36. The van der Waals surface area contributed by atoms with Gasteiger partial charge < -0.3 is 19.2 Å². The molecule has 0 amide bonds. The minimum absolute atomic E-state index is 0.00967. The molecule has 7 nitrogen and oxygen atoms in total. The van der Waals surface area contributed by atoms with Crippen molar-refractivity contribution in [1.82, 2.24) is 4.98 Å². The van der Waals surface area contributed by atoms with Crippen LogP contribution < -0.4 is 4.90 Å². The maximum absolute atomic E-state index is 11.5. The lowest BCUT2D eigenvalue weighted by Gasteiger charge is -2.20. The second kappa shape index (κ2) is 5.29. The van der Waals surface area contributed by atoms with Gasteiger partial charge in [-0.05, 0) is 19.3 Å². The van der Waals surface area contributed by atoms with Crippen LogP contribution in [0.4, 0.5) is 6.01 Å². The molecule has 2 heterocycles. The number of esters is 1. The molecule has 19 heavy (non-hydrogen) atoms. The van der Waals surface area contributed by atoms with Crippen molar-refractivity contribution in [3.63, 3.8) is 0 Å². The molecule has 1 fully saturated rings. The van der Waals surface area contributed by atoms with Crippen molar-refractivity contribution >= 4 is 18.0 Å². The first-order chi connectivity index (χ1) is 9.04. The van der Waals surface area contributed by atoms with E-state index in [9.17, 15) is 14.7 Å². The number of hydrogen-bond acceptors (Lipinski definition) is 6. The first-order valence-corrected chi connectivity index (χ1v) is 6.16. The van der Waals surface area contributed by atoms with Crippen LogP contribution in [-0.2, 0) is 9.53 Å². The van der Waals surface area contributed by atoms with Gasteiger partial charge in [-0.3, -0.25) is 0 Å². The number of rotatable bonds is 4. The van der Waals surface area contributed by atoms with Crippen LogP contribution in [0.1, 0.15) is 30.8 Å². The highest BCUT2D eigenvalue weighted by Crippen LogP contribution is 2.29. The average Bonchev–Trinajstić information content (AvgIpc) is 2.95. The molecule has 1 saturated heterocycles. The van der Waals surface area contributed by atoms with Crippen molar-refractivity contribution in [3.8, 4) is 0 Å². The van der Waals surface area contributed by atoms with Crippen LogP contribution in [0.25, 0.3) is 0 Å². The standard InChI is InChI=1S/C12H16N2O5/c1-3-18-11(17)8-6-19-12(13-8)14-5-4-7(2)9(14)10(15)16/h6-7,9H,3-5H2,1-2H3,(H,15,16). The Kier molecular flexibility index (Phi) is 3.73. The maximum atomic E-state index is 11.5. The molecule has 0 bridgehead atoms. The number of carbonyl (C=O) groups is 2. The Labute approximate surface area is 110 Å². The van der Waals surface area contributed by atoms with E-state index in [4.69, 9.17) is 9.15 Å². The van der Waals surface area contributed by atoms with Crippen LogP contribution >= 0.6 is 0 Å². The number of carbonyl (C=O) groups excluding carboxylic acids is 1. The summed E-state index contributed by atoms with van der Waals surface area (Å²) in [5, 5.41) is 9.21. The molecule has 1 N–H and O–H groups in total. The van der Waals surface area contributed by atoms with Gasteiger partial charge in [0.2, 0.25) is 0 Å². The zero-order valence-electron chi connectivity index (χ0n) is 10.8. The van der Waals surface area contributed by atoms with E-state index in [0.29, 0.717) is 6.54 Å². The molecule has 0 saturated carbocycles. The van der Waals surface area contributed by atoms with Gasteiger partial charge in [0.25, 0.3) is 6.01 Å². The zero-order valence-corrected chi connectivity index (χ0v) is 10.8. The lowest BCUT2D eigenvalue weighted by molar-refractivity contribution is -0.139. The van der Waals surface area contributed by atoms with Crippen molar-refractivity contribution in [2.24, 2.45) is 5.92 Å². The lowest BCUT2D eigenvalue weighted by Crippen LogP contribution is -2.39. The highest BCUT2D eigenvalue weighted by atomic mass is 16.5. The highest BCUT2D eigenvalue weighted by molar-refractivity contribution is 5.87. The Morgan fingerprint density at radius 3 is 3.00 bits per heavy atom. The summed E-state index contributed by atoms with van der Waals surface area (Å²) in [6.07, 6.45) is 1.93. The number of anilines is 1. The van der Waals surface area contributed by atoms with E-state index in [1.54, 1.807) is 11.8 Å². The van der Waals surface area contributed by atoms with Gasteiger partial charge in [-0.15, -0.1) is 0 Å². The molecule has 104 valence electrons. The van der Waals surface area contributed by atoms with Crippen molar-refractivity contribution in [1.29, 1.82) is 0 Å². The minimum atomic E-state index is -0.916. The topological polar surface area (TPSA) is 92.9 Å². The minimum Gasteiger partial charge on any atom is -0.480 e. The number of aliphatic carboxylic acids is 1. The van der Waals surface area contributed by atoms with Crippen LogP contribution in [0.15, 0.2) is 10.7 Å². The van der Waals surface area contributed by atoms with E-state index in [0.717, 1.165) is 6.42 Å². The van der Waals surface area contributed by atoms with E-state index < -0.39 is 18.0 Å². The van der Waals surface area contributed by atoms with Gasteiger partial charge in [-0.25, -0.2) is 9.59 Å². The Bertz CT molecular complexity index is 484. The molecule has 1 aliphatic heterocycles. The molecule has 2 unspecified atom stereocenters. The first-order valence-electron chi connectivity index (χ1n) is 6.16. The number of oxazole rings is 1. The van der Waals surface area contributed by atoms with Gasteiger partial charge in [0, 0.05) is 6.54 Å². The summed E-state index contributed by atoms with van der Waals surface area (Å²) >= 11 is 0. The van der Waals surface area contributed by atoms with Crippen molar-refractivity contribution in [3.05, 3.63) is 12.0 Å². The Hall–Kier alpha value is -2.05. The second-order valence-electron chi connectivity index (χ2n) is 4.48. The molecule has 1 aliphatic rings. The molecule has 0 aromatic carbocycles. The third-order valence-electron chi connectivity index (χ3n) is 3.18. The third-order valence-corrected chi connectivity index (χ3v) is 3.18. The van der Waals surface area contributed by atoms with Crippen LogP contribution in [0.2, 0.25) is 0 Å². The number of carboxylic acid groups (broad SMARTS) is 1. The van der Waals surface area contributed by atoms with Crippen LogP contribution in [0.3, 0.4) is 0 Å². The van der Waals surface area contributed by atoms with Crippen molar-refractivity contribution in [2.75, 3.05) is 18.1 Å². The van der Waals surface area contributed by atoms with E-state index in [1.807, 2.05) is 6.92 Å². The molecular formula is C12H16N2O5. The summed E-state index contributed by atoms with van der Waals surface area (Å²) in [7, 11) is 0. The Balaban J connectivity index is 2.18. The fourth-order valence-corrected chi connectivity index (χ4v) is 2.23. The molecule has 1 aromatic rings. The van der Waals surface area contributed by atoms with Gasteiger partial charge in [-0.2, -0.15) is 4.98 Å². The quantitative estimate of drug-likeness (QED) is 0.818. The monoisotopic (exact) mass is 268 g/mol. The molecule has 0 radical (unpaired) electrons. The van der Waals surface area contributed by atoms with Crippen molar-refractivity contribution < 1.29 is 23.8 Å². The molecule has 0 aliphatic carbocycles. The largest absolute Gasteiger partial charge is 0.480 e. The lowest BCUT2D eigenvalue weighted by atomic mass is 10.0. The molecule has 0 spiro atoms.